The highest BCUT2D eigenvalue weighted by Crippen LogP contribution is 2.40. The van der Waals surface area contributed by atoms with Gasteiger partial charge in [0.15, 0.2) is 0 Å². The maximum absolute atomic E-state index is 14.0. The average Bonchev–Trinajstić information content (AvgIpc) is 3.84. The van der Waals surface area contributed by atoms with Gasteiger partial charge in [-0.2, -0.15) is 15.4 Å². The van der Waals surface area contributed by atoms with Crippen LogP contribution in [0.5, 0.6) is 0 Å². The number of aromatic amines is 1. The van der Waals surface area contributed by atoms with Gasteiger partial charge in [0.25, 0.3) is 5.91 Å². The van der Waals surface area contributed by atoms with Gasteiger partial charge in [-0.15, -0.1) is 0 Å². The van der Waals surface area contributed by atoms with Crippen LogP contribution >= 0.6 is 0 Å². The fourth-order valence-electron chi connectivity index (χ4n) is 8.28. The molecule has 1 unspecified atom stereocenters. The lowest BCUT2D eigenvalue weighted by Crippen LogP contribution is -2.36. The molecule has 5 heterocycles. The number of nitrogens with zero attached hydrogens (tertiary/aromatic N) is 7. The molecule has 2 amide bonds. The van der Waals surface area contributed by atoms with Crippen molar-refractivity contribution in [3.8, 4) is 22.5 Å². The summed E-state index contributed by atoms with van der Waals surface area (Å²) < 4.78 is 24.0. The minimum absolute atomic E-state index is 0.0126. The molecule has 3 aromatic heterocycles. The predicted octanol–water partition coefficient (Wildman–Crippen LogP) is 5.27. The van der Waals surface area contributed by atoms with E-state index in [1.165, 1.54) is 6.07 Å². The zero-order chi connectivity index (χ0) is 46.2. The van der Waals surface area contributed by atoms with Crippen LogP contribution in [0.2, 0.25) is 0 Å². The van der Waals surface area contributed by atoms with Gasteiger partial charge in [0.05, 0.1) is 82.5 Å². The molecule has 0 saturated carbocycles. The summed E-state index contributed by atoms with van der Waals surface area (Å²) in [5.74, 6) is -1.47. The number of H-pyrrole nitrogens is 1. The lowest BCUT2D eigenvalue weighted by Gasteiger charge is -2.32. The summed E-state index contributed by atoms with van der Waals surface area (Å²) in [6, 6.07) is 33.6. The Labute approximate surface area is 389 Å². The lowest BCUT2D eigenvalue weighted by atomic mass is 9.96. The molecule has 17 heteroatoms. The molecular formula is C50H55N9O8. The van der Waals surface area contributed by atoms with Gasteiger partial charge in [-0.05, 0) is 53.6 Å². The van der Waals surface area contributed by atoms with Gasteiger partial charge in [0, 0.05) is 68.6 Å². The van der Waals surface area contributed by atoms with E-state index < -0.39 is 5.97 Å². The van der Waals surface area contributed by atoms with Crippen molar-refractivity contribution >= 4 is 23.5 Å². The quantitative estimate of drug-likeness (QED) is 0.161. The number of hydrogen-bond donors (Lipinski definition) is 3. The molecule has 1 atom stereocenters. The predicted molar refractivity (Wildman–Crippen MR) is 249 cm³/mol. The number of para-hydroxylation sites is 1. The van der Waals surface area contributed by atoms with E-state index >= 15 is 0 Å². The van der Waals surface area contributed by atoms with Crippen molar-refractivity contribution in [3.63, 3.8) is 0 Å². The third-order valence-electron chi connectivity index (χ3n) is 11.7. The number of pyridine rings is 2. The first kappa shape index (κ1) is 46.8. The first-order valence-electron chi connectivity index (χ1n) is 22.6. The van der Waals surface area contributed by atoms with Crippen LogP contribution in [0.3, 0.4) is 0 Å². The van der Waals surface area contributed by atoms with Crippen LogP contribution in [0, 0.1) is 0 Å². The Morgan fingerprint density at radius 3 is 2.01 bits per heavy atom. The first-order chi connectivity index (χ1) is 32.9. The van der Waals surface area contributed by atoms with Crippen molar-refractivity contribution in [2.75, 3.05) is 90.5 Å². The fraction of sp³-hybridized carbons (Fsp3) is 0.340. The molecule has 348 valence electrons. The third-order valence-corrected chi connectivity index (χ3v) is 11.7. The second kappa shape index (κ2) is 23.6. The standard InChI is InChI=1S/C50H55N9O8/c60-45(59-34-38-8-1-2-10-40(38)46-47(55-56-54-46)41-11-3-4-14-44(41)59)19-21-52-49(61)37-17-15-36(16-18-37)48(42-12-5-6-20-51-42)58-24-28-66-32-30-64-26-22-57(23-27-65-31-33-67-29-25-58)35-39-9-7-13-43(53-39)50(62)63/h1-18,20,48H,19,21-35H2,(H,52,61)(H,62,63)(H,54,55,56). The molecule has 8 rings (SSSR count). The van der Waals surface area contributed by atoms with Gasteiger partial charge in [-0.3, -0.25) is 24.4 Å². The number of benzene rings is 3. The number of carboxylic acids is 1. The van der Waals surface area contributed by atoms with E-state index in [0.717, 1.165) is 39.3 Å². The van der Waals surface area contributed by atoms with Gasteiger partial charge in [-0.1, -0.05) is 66.7 Å². The highest BCUT2D eigenvalue weighted by Gasteiger charge is 2.28. The molecule has 3 N–H and O–H groups in total. The Bertz CT molecular complexity index is 2540. The number of rotatable bonds is 10. The number of aromatic carboxylic acids is 1. The average molecular weight is 910 g/mol. The molecule has 3 aromatic carbocycles. The van der Waals surface area contributed by atoms with Crippen LogP contribution in [0.25, 0.3) is 22.5 Å². The van der Waals surface area contributed by atoms with Crippen molar-refractivity contribution in [1.82, 2.24) is 40.5 Å². The van der Waals surface area contributed by atoms with Crippen LogP contribution in [0.1, 0.15) is 55.8 Å². The van der Waals surface area contributed by atoms with Crippen molar-refractivity contribution < 1.29 is 38.4 Å². The Morgan fingerprint density at radius 1 is 0.687 bits per heavy atom. The molecule has 0 spiro atoms. The van der Waals surface area contributed by atoms with Crippen LogP contribution in [0.15, 0.2) is 115 Å². The van der Waals surface area contributed by atoms with Crippen molar-refractivity contribution in [3.05, 3.63) is 149 Å². The summed E-state index contributed by atoms with van der Waals surface area (Å²) in [6.45, 7) is 6.73. The molecule has 0 radical (unpaired) electrons. The van der Waals surface area contributed by atoms with E-state index in [4.69, 9.17) is 23.9 Å². The Balaban J connectivity index is 0.880. The van der Waals surface area contributed by atoms with Crippen molar-refractivity contribution in [2.45, 2.75) is 25.6 Å². The molecule has 17 nitrogen and oxygen atoms in total. The zero-order valence-electron chi connectivity index (χ0n) is 37.3. The highest BCUT2D eigenvalue weighted by molar-refractivity contribution is 6.00. The molecule has 1 fully saturated rings. The largest absolute Gasteiger partial charge is 0.477 e. The maximum Gasteiger partial charge on any atom is 0.354 e. The Morgan fingerprint density at radius 2 is 1.33 bits per heavy atom. The van der Waals surface area contributed by atoms with Gasteiger partial charge in [0.1, 0.15) is 17.1 Å². The summed E-state index contributed by atoms with van der Waals surface area (Å²) in [5, 5.41) is 24.0. The maximum atomic E-state index is 14.0. The molecule has 67 heavy (non-hydrogen) atoms. The summed E-state index contributed by atoms with van der Waals surface area (Å²) in [4.78, 5) is 54.2. The van der Waals surface area contributed by atoms with Crippen LogP contribution in [0.4, 0.5) is 5.69 Å². The number of carbonyl (C=O) groups is 3. The molecule has 0 aliphatic carbocycles. The van der Waals surface area contributed by atoms with E-state index in [2.05, 4.69) is 35.5 Å². The monoisotopic (exact) mass is 909 g/mol. The number of ether oxygens (including phenoxy) is 4. The molecular weight excluding hydrogens is 855 g/mol. The number of fused-ring (bicyclic) bond motifs is 5. The molecule has 2 aliphatic heterocycles. The topological polar surface area (TPSA) is 197 Å². The second-order valence-electron chi connectivity index (χ2n) is 16.0. The number of anilines is 1. The number of carbonyl (C=O) groups excluding carboxylic acids is 2. The number of nitrogens with one attached hydrogen (secondary N) is 2. The number of hydrogen-bond acceptors (Lipinski definition) is 13. The Hall–Kier alpha value is -6.73. The van der Waals surface area contributed by atoms with E-state index in [-0.39, 0.29) is 36.5 Å². The second-order valence-corrected chi connectivity index (χ2v) is 16.0. The van der Waals surface area contributed by atoms with E-state index in [9.17, 15) is 19.5 Å². The summed E-state index contributed by atoms with van der Waals surface area (Å²) in [6.07, 6.45) is 1.87. The van der Waals surface area contributed by atoms with Crippen LogP contribution < -0.4 is 10.2 Å². The number of aromatic nitrogens is 5. The minimum Gasteiger partial charge on any atom is -0.477 e. The first-order valence-corrected chi connectivity index (χ1v) is 22.6. The van der Waals surface area contributed by atoms with E-state index in [1.54, 1.807) is 29.3 Å². The molecule has 6 aromatic rings. The molecule has 2 aliphatic rings. The van der Waals surface area contributed by atoms with Gasteiger partial charge in [0.2, 0.25) is 5.91 Å². The SMILES string of the molecule is O=C(NCCC(=O)N1Cc2ccccc2-c2n[nH]nc2-c2ccccc21)c1ccc(C(c2ccccn2)N2CCOCCOCCN(Cc3cccc(C(=O)O)n3)CCOCCOCC2)cc1. The number of carboxylic acid groups (broad SMARTS) is 1. The molecule has 1 saturated heterocycles. The third kappa shape index (κ3) is 12.4. The number of amides is 2. The van der Waals surface area contributed by atoms with Crippen LogP contribution in [-0.4, -0.2) is 144 Å². The normalized spacial score (nSPS) is 16.4. The summed E-state index contributed by atoms with van der Waals surface area (Å²) >= 11 is 0. The molecule has 0 bridgehead atoms. The van der Waals surface area contributed by atoms with Gasteiger partial charge in [-0.25, -0.2) is 9.78 Å². The highest BCUT2D eigenvalue weighted by atomic mass is 16.5. The minimum atomic E-state index is -1.06. The van der Waals surface area contributed by atoms with E-state index in [1.807, 2.05) is 84.9 Å². The van der Waals surface area contributed by atoms with Crippen molar-refractivity contribution in [1.29, 1.82) is 0 Å². The smallest absolute Gasteiger partial charge is 0.354 e. The van der Waals surface area contributed by atoms with Gasteiger partial charge >= 0.3 is 5.97 Å². The lowest BCUT2D eigenvalue weighted by molar-refractivity contribution is -0.118. The van der Waals surface area contributed by atoms with E-state index in [0.29, 0.717) is 109 Å². The van der Waals surface area contributed by atoms with Crippen LogP contribution in [-0.2, 0) is 36.8 Å². The van der Waals surface area contributed by atoms with Crippen molar-refractivity contribution in [2.24, 2.45) is 0 Å². The zero-order valence-corrected chi connectivity index (χ0v) is 37.3. The summed E-state index contributed by atoms with van der Waals surface area (Å²) in [7, 11) is 0. The Kier molecular flexibility index (Phi) is 16.5. The van der Waals surface area contributed by atoms with Gasteiger partial charge < -0.3 is 34.3 Å². The fourth-order valence-corrected chi connectivity index (χ4v) is 8.28. The summed E-state index contributed by atoms with van der Waals surface area (Å²) in [5.41, 5.74) is 7.74.